The van der Waals surface area contributed by atoms with E-state index in [0.29, 0.717) is 5.82 Å². The zero-order valence-corrected chi connectivity index (χ0v) is 16.3. The summed E-state index contributed by atoms with van der Waals surface area (Å²) in [5.74, 6) is 1.46. The quantitative estimate of drug-likeness (QED) is 0.555. The molecule has 27 heavy (non-hydrogen) atoms. The Balaban J connectivity index is 1.70. The number of nitrogens with one attached hydrogen (secondary N) is 1. The average molecular weight is 379 g/mol. The third kappa shape index (κ3) is 3.54. The number of fused-ring (bicyclic) bond motifs is 1. The van der Waals surface area contributed by atoms with E-state index in [-0.39, 0.29) is 6.04 Å². The fraction of sp³-hybridized carbons (Fsp3) is 0.263. The minimum Gasteiger partial charge on any atom is -0.367 e. The Morgan fingerprint density at radius 3 is 2.70 bits per heavy atom. The van der Waals surface area contributed by atoms with Gasteiger partial charge in [-0.1, -0.05) is 6.07 Å². The van der Waals surface area contributed by atoms with Gasteiger partial charge in [-0.2, -0.15) is 5.10 Å². The van der Waals surface area contributed by atoms with E-state index in [1.165, 1.54) is 4.88 Å². The van der Waals surface area contributed by atoms with Gasteiger partial charge in [-0.25, -0.2) is 9.97 Å². The molecule has 0 radical (unpaired) electrons. The molecule has 7 nitrogen and oxygen atoms in total. The number of nitrogens with zero attached hydrogens (tertiary/aromatic N) is 6. The van der Waals surface area contributed by atoms with Crippen LogP contribution in [0.5, 0.6) is 0 Å². The van der Waals surface area contributed by atoms with Crippen LogP contribution in [0.2, 0.25) is 0 Å². The van der Waals surface area contributed by atoms with Gasteiger partial charge in [0, 0.05) is 36.4 Å². The van der Waals surface area contributed by atoms with Gasteiger partial charge >= 0.3 is 0 Å². The van der Waals surface area contributed by atoms with E-state index in [9.17, 15) is 0 Å². The van der Waals surface area contributed by atoms with Crippen LogP contribution in [0.4, 0.5) is 5.82 Å². The van der Waals surface area contributed by atoms with Gasteiger partial charge < -0.3 is 10.2 Å². The first-order chi connectivity index (χ1) is 13.1. The molecule has 0 spiro atoms. The Hall–Kier alpha value is -2.84. The van der Waals surface area contributed by atoms with E-state index in [0.717, 1.165) is 29.0 Å². The monoisotopic (exact) mass is 379 g/mol. The van der Waals surface area contributed by atoms with Crippen molar-refractivity contribution in [2.24, 2.45) is 7.05 Å². The molecule has 0 amide bonds. The first-order valence-corrected chi connectivity index (χ1v) is 9.55. The maximum atomic E-state index is 4.78. The third-order valence-electron chi connectivity index (χ3n) is 4.49. The summed E-state index contributed by atoms with van der Waals surface area (Å²) in [5.41, 5.74) is 1.73. The molecule has 0 aliphatic rings. The number of likely N-dealkylation sites (N-methyl/N-ethyl adjacent to an activating group) is 1. The average Bonchev–Trinajstić information content (AvgIpc) is 3.33. The number of pyridine rings is 1. The van der Waals surface area contributed by atoms with Crippen molar-refractivity contribution >= 4 is 28.2 Å². The van der Waals surface area contributed by atoms with Gasteiger partial charge in [-0.3, -0.25) is 9.67 Å². The number of aryl methyl sites for hydroxylation is 1. The van der Waals surface area contributed by atoms with Crippen LogP contribution in [0, 0.1) is 0 Å². The molecule has 0 bridgehead atoms. The molecule has 0 saturated heterocycles. The summed E-state index contributed by atoms with van der Waals surface area (Å²) in [7, 11) is 6.08. The van der Waals surface area contributed by atoms with Gasteiger partial charge in [0.05, 0.1) is 17.6 Å². The fourth-order valence-electron chi connectivity index (χ4n) is 3.00. The predicted octanol–water partition coefficient (Wildman–Crippen LogP) is 3.20. The lowest BCUT2D eigenvalue weighted by molar-refractivity contribution is 0.316. The van der Waals surface area contributed by atoms with Crippen molar-refractivity contribution in [2.75, 3.05) is 26.0 Å². The third-order valence-corrected chi connectivity index (χ3v) is 5.46. The van der Waals surface area contributed by atoms with Gasteiger partial charge in [0.1, 0.15) is 5.82 Å². The van der Waals surface area contributed by atoms with Crippen molar-refractivity contribution in [3.05, 3.63) is 53.1 Å². The predicted molar refractivity (Wildman–Crippen MR) is 109 cm³/mol. The van der Waals surface area contributed by atoms with Crippen molar-refractivity contribution in [3.8, 4) is 11.4 Å². The Morgan fingerprint density at radius 1 is 1.19 bits per heavy atom. The van der Waals surface area contributed by atoms with Crippen molar-refractivity contribution in [1.29, 1.82) is 0 Å². The van der Waals surface area contributed by atoms with Gasteiger partial charge in [0.25, 0.3) is 0 Å². The molecule has 8 heteroatoms. The van der Waals surface area contributed by atoms with E-state index in [1.807, 2.05) is 25.4 Å². The summed E-state index contributed by atoms with van der Waals surface area (Å²) >= 11 is 1.76. The summed E-state index contributed by atoms with van der Waals surface area (Å²) in [6.45, 7) is 0.740. The molecule has 0 saturated carbocycles. The largest absolute Gasteiger partial charge is 0.367 e. The van der Waals surface area contributed by atoms with Crippen molar-refractivity contribution in [2.45, 2.75) is 6.04 Å². The number of rotatable bonds is 6. The lowest BCUT2D eigenvalue weighted by Crippen LogP contribution is -2.26. The maximum absolute atomic E-state index is 4.78. The highest BCUT2D eigenvalue weighted by Crippen LogP contribution is 2.27. The lowest BCUT2D eigenvalue weighted by Gasteiger charge is -2.24. The van der Waals surface area contributed by atoms with Gasteiger partial charge in [-0.05, 0) is 37.7 Å². The number of hydrogen-bond acceptors (Lipinski definition) is 7. The first-order valence-electron chi connectivity index (χ1n) is 8.67. The number of thiophene rings is 1. The molecule has 4 rings (SSSR count). The zero-order chi connectivity index (χ0) is 18.8. The number of hydrogen-bond donors (Lipinski definition) is 1. The second-order valence-corrected chi connectivity index (χ2v) is 7.49. The topological polar surface area (TPSA) is 71.8 Å². The molecule has 0 aliphatic carbocycles. The summed E-state index contributed by atoms with van der Waals surface area (Å²) in [5, 5.41) is 10.9. The van der Waals surface area contributed by atoms with E-state index < -0.39 is 0 Å². The summed E-state index contributed by atoms with van der Waals surface area (Å²) in [6.07, 6.45) is 5.31. The van der Waals surface area contributed by atoms with Crippen molar-refractivity contribution < 1.29 is 0 Å². The zero-order valence-electron chi connectivity index (χ0n) is 15.5. The standard InChI is InChI=1S/C19H21N7S/c1-25(2)15(16-5-4-10-27-16)12-21-18-14-11-22-26(3)19(14)24-17(23-18)13-6-8-20-9-7-13/h4-11,15H,12H2,1-3H3,(H,21,23,24). The SMILES string of the molecule is CN(C)C(CNc1nc(-c2ccncc2)nc2c1cnn2C)c1cccs1. The van der Waals surface area contributed by atoms with Crippen LogP contribution < -0.4 is 5.32 Å². The molecule has 1 unspecified atom stereocenters. The normalized spacial score (nSPS) is 12.6. The highest BCUT2D eigenvalue weighted by molar-refractivity contribution is 7.10. The Morgan fingerprint density at radius 2 is 2.00 bits per heavy atom. The smallest absolute Gasteiger partial charge is 0.164 e. The number of aromatic nitrogens is 5. The molecule has 4 aromatic heterocycles. The van der Waals surface area contributed by atoms with Gasteiger partial charge in [0.2, 0.25) is 0 Å². The minimum atomic E-state index is 0.260. The second kappa shape index (κ2) is 7.42. The Labute approximate surface area is 161 Å². The summed E-state index contributed by atoms with van der Waals surface area (Å²) in [4.78, 5) is 17.1. The molecule has 1 N–H and O–H groups in total. The van der Waals surface area contributed by atoms with Crippen LogP contribution in [0.3, 0.4) is 0 Å². The Kier molecular flexibility index (Phi) is 4.83. The van der Waals surface area contributed by atoms with Crippen molar-refractivity contribution in [1.82, 2.24) is 29.6 Å². The number of anilines is 1. The molecular weight excluding hydrogens is 358 g/mol. The highest BCUT2D eigenvalue weighted by Gasteiger charge is 2.18. The Bertz CT molecular complexity index is 1030. The van der Waals surface area contributed by atoms with E-state index in [4.69, 9.17) is 9.97 Å². The van der Waals surface area contributed by atoms with Crippen LogP contribution in [0.1, 0.15) is 10.9 Å². The van der Waals surface area contributed by atoms with Crippen molar-refractivity contribution in [3.63, 3.8) is 0 Å². The van der Waals surface area contributed by atoms with Crippen LogP contribution in [-0.4, -0.2) is 50.3 Å². The molecular formula is C19H21N7S. The molecule has 0 aromatic carbocycles. The summed E-state index contributed by atoms with van der Waals surface area (Å²) in [6, 6.07) is 8.34. The van der Waals surface area contributed by atoms with E-state index >= 15 is 0 Å². The molecule has 1 atom stereocenters. The highest BCUT2D eigenvalue weighted by atomic mass is 32.1. The van der Waals surface area contributed by atoms with Crippen LogP contribution in [0.15, 0.2) is 48.2 Å². The first kappa shape index (κ1) is 17.6. The fourth-order valence-corrected chi connectivity index (χ4v) is 3.92. The molecule has 4 heterocycles. The van der Waals surface area contributed by atoms with E-state index in [1.54, 1.807) is 28.4 Å². The van der Waals surface area contributed by atoms with E-state index in [2.05, 4.69) is 51.9 Å². The molecule has 4 aromatic rings. The molecule has 0 aliphatic heterocycles. The molecule has 138 valence electrons. The van der Waals surface area contributed by atoms with Gasteiger partial charge in [0.15, 0.2) is 11.5 Å². The van der Waals surface area contributed by atoms with Crippen LogP contribution in [-0.2, 0) is 7.05 Å². The lowest BCUT2D eigenvalue weighted by atomic mass is 10.2. The van der Waals surface area contributed by atoms with Crippen LogP contribution >= 0.6 is 11.3 Å². The van der Waals surface area contributed by atoms with Crippen LogP contribution in [0.25, 0.3) is 22.4 Å². The second-order valence-electron chi connectivity index (χ2n) is 6.51. The van der Waals surface area contributed by atoms with Gasteiger partial charge in [-0.15, -0.1) is 11.3 Å². The minimum absolute atomic E-state index is 0.260. The maximum Gasteiger partial charge on any atom is 0.164 e. The summed E-state index contributed by atoms with van der Waals surface area (Å²) < 4.78 is 1.77. The molecule has 0 fully saturated rings.